The van der Waals surface area contributed by atoms with Crippen molar-refractivity contribution in [1.82, 2.24) is 19.9 Å². The van der Waals surface area contributed by atoms with E-state index in [2.05, 4.69) is 32.1 Å². The van der Waals surface area contributed by atoms with Crippen molar-refractivity contribution in [1.29, 1.82) is 0 Å². The molecular formula is C22H21N7O2S. The third kappa shape index (κ3) is 3.48. The third-order valence-corrected chi connectivity index (χ3v) is 6.28. The van der Waals surface area contributed by atoms with Crippen LogP contribution >= 0.6 is 11.3 Å². The standard InChI is InChI=1S/C22H21N7O2S/c1-11-5-13(14-7-17-20(25-8-14)32-22(24)27-17)6-15-9-29(3-4-31-18(11)15)19-16(10-30)12(2)26-21(23)28-19/h5-8,10H,3-4,9H2,1-2H3,(H2,24,27)(H2,23,26,28). The minimum absolute atomic E-state index is 0.139. The molecule has 0 bridgehead atoms. The monoisotopic (exact) mass is 447 g/mol. The van der Waals surface area contributed by atoms with Crippen LogP contribution in [0, 0.1) is 13.8 Å². The Kier molecular flexibility index (Phi) is 4.86. The number of hydrogen-bond donors (Lipinski definition) is 2. The highest BCUT2D eigenvalue weighted by Gasteiger charge is 2.23. The van der Waals surface area contributed by atoms with Gasteiger partial charge in [-0.05, 0) is 43.2 Å². The topological polar surface area (TPSA) is 133 Å². The smallest absolute Gasteiger partial charge is 0.222 e. The molecule has 0 saturated heterocycles. The number of anilines is 3. The maximum Gasteiger partial charge on any atom is 0.222 e. The number of nitrogen functional groups attached to an aromatic ring is 2. The highest BCUT2D eigenvalue weighted by Crippen LogP contribution is 2.35. The second-order valence-corrected chi connectivity index (χ2v) is 8.68. The molecule has 4 N–H and O–H groups in total. The van der Waals surface area contributed by atoms with E-state index < -0.39 is 0 Å². The molecule has 1 aliphatic rings. The molecular weight excluding hydrogens is 426 g/mol. The van der Waals surface area contributed by atoms with Crippen LogP contribution in [0.2, 0.25) is 0 Å². The van der Waals surface area contributed by atoms with Gasteiger partial charge in [-0.1, -0.05) is 11.3 Å². The van der Waals surface area contributed by atoms with Gasteiger partial charge in [0.2, 0.25) is 5.95 Å². The highest BCUT2D eigenvalue weighted by molar-refractivity contribution is 7.21. The maximum atomic E-state index is 11.7. The van der Waals surface area contributed by atoms with Crippen molar-refractivity contribution < 1.29 is 9.53 Å². The van der Waals surface area contributed by atoms with Crippen LogP contribution in [-0.2, 0) is 6.54 Å². The van der Waals surface area contributed by atoms with Crippen LogP contribution in [0.4, 0.5) is 16.9 Å². The summed E-state index contributed by atoms with van der Waals surface area (Å²) in [4.78, 5) is 31.9. The van der Waals surface area contributed by atoms with Crippen LogP contribution in [0.3, 0.4) is 0 Å². The Labute approximate surface area is 188 Å². The number of fused-ring (bicyclic) bond motifs is 2. The Hall–Kier alpha value is -3.79. The maximum absolute atomic E-state index is 11.7. The molecule has 0 atom stereocenters. The Morgan fingerprint density at radius 1 is 1.12 bits per heavy atom. The summed E-state index contributed by atoms with van der Waals surface area (Å²) in [6.45, 7) is 5.31. The average molecular weight is 448 g/mol. The summed E-state index contributed by atoms with van der Waals surface area (Å²) in [6, 6.07) is 6.15. The van der Waals surface area contributed by atoms with Crippen molar-refractivity contribution in [3.8, 4) is 16.9 Å². The molecule has 0 radical (unpaired) electrons. The summed E-state index contributed by atoms with van der Waals surface area (Å²) < 4.78 is 6.08. The number of hydrogen-bond acceptors (Lipinski definition) is 10. The van der Waals surface area contributed by atoms with Crippen LogP contribution in [0.5, 0.6) is 5.75 Å². The van der Waals surface area contributed by atoms with Gasteiger partial charge in [-0.3, -0.25) is 4.79 Å². The van der Waals surface area contributed by atoms with Crippen molar-refractivity contribution in [3.63, 3.8) is 0 Å². The van der Waals surface area contributed by atoms with Gasteiger partial charge in [0.15, 0.2) is 11.4 Å². The first-order valence-electron chi connectivity index (χ1n) is 10.1. The van der Waals surface area contributed by atoms with E-state index >= 15 is 0 Å². The van der Waals surface area contributed by atoms with E-state index in [9.17, 15) is 4.79 Å². The zero-order valence-electron chi connectivity index (χ0n) is 17.6. The number of nitrogens with two attached hydrogens (primary N) is 2. The van der Waals surface area contributed by atoms with E-state index in [1.807, 2.05) is 24.1 Å². The number of pyridine rings is 1. The van der Waals surface area contributed by atoms with E-state index in [0.29, 0.717) is 41.9 Å². The molecule has 10 heteroatoms. The predicted molar refractivity (Wildman–Crippen MR) is 125 cm³/mol. The van der Waals surface area contributed by atoms with Gasteiger partial charge in [0, 0.05) is 23.9 Å². The molecule has 4 heterocycles. The minimum atomic E-state index is 0.139. The number of thiazole rings is 1. The van der Waals surface area contributed by atoms with Gasteiger partial charge in [0.1, 0.15) is 28.5 Å². The van der Waals surface area contributed by atoms with E-state index in [1.165, 1.54) is 11.3 Å². The lowest BCUT2D eigenvalue weighted by Crippen LogP contribution is -2.28. The molecule has 0 fully saturated rings. The van der Waals surface area contributed by atoms with Gasteiger partial charge in [-0.15, -0.1) is 0 Å². The van der Waals surface area contributed by atoms with Crippen LogP contribution in [-0.4, -0.2) is 39.4 Å². The SMILES string of the molecule is Cc1cc(-c2cnc3sc(N)nc3c2)cc2c1OCCN(c1nc(N)nc(C)c1C=O)C2. The Balaban J connectivity index is 1.58. The molecule has 1 aromatic carbocycles. The quantitative estimate of drug-likeness (QED) is 0.454. The number of benzene rings is 1. The molecule has 0 spiro atoms. The number of carbonyl (C=O) groups is 1. The molecule has 0 unspecified atom stereocenters. The molecule has 1 aliphatic heterocycles. The lowest BCUT2D eigenvalue weighted by Gasteiger charge is -2.23. The van der Waals surface area contributed by atoms with Gasteiger partial charge in [-0.25, -0.2) is 15.0 Å². The second-order valence-electron chi connectivity index (χ2n) is 7.67. The first-order valence-corrected chi connectivity index (χ1v) is 10.9. The predicted octanol–water partition coefficient (Wildman–Crippen LogP) is 3.14. The fraction of sp³-hybridized carbons (Fsp3) is 0.227. The first kappa shape index (κ1) is 20.1. The van der Waals surface area contributed by atoms with E-state index in [1.54, 1.807) is 6.92 Å². The summed E-state index contributed by atoms with van der Waals surface area (Å²) in [5, 5.41) is 0.497. The fourth-order valence-corrected chi connectivity index (χ4v) is 4.68. The average Bonchev–Trinajstić information content (AvgIpc) is 2.98. The molecule has 9 nitrogen and oxygen atoms in total. The van der Waals surface area contributed by atoms with Crippen LogP contribution in [0.1, 0.15) is 27.2 Å². The van der Waals surface area contributed by atoms with Crippen molar-refractivity contribution in [3.05, 3.63) is 46.8 Å². The highest BCUT2D eigenvalue weighted by atomic mass is 32.1. The summed E-state index contributed by atoms with van der Waals surface area (Å²) >= 11 is 1.37. The van der Waals surface area contributed by atoms with Crippen molar-refractivity contribution in [2.75, 3.05) is 29.5 Å². The number of nitrogens with zero attached hydrogens (tertiary/aromatic N) is 5. The normalized spacial score (nSPS) is 13.5. The van der Waals surface area contributed by atoms with E-state index in [0.717, 1.165) is 44.6 Å². The van der Waals surface area contributed by atoms with Gasteiger partial charge in [-0.2, -0.15) is 4.98 Å². The van der Waals surface area contributed by atoms with Gasteiger partial charge < -0.3 is 21.1 Å². The summed E-state index contributed by atoms with van der Waals surface area (Å²) in [5.41, 5.74) is 17.4. The number of aryl methyl sites for hydroxylation is 2. The van der Waals surface area contributed by atoms with Crippen LogP contribution in [0.25, 0.3) is 21.5 Å². The number of ether oxygens (including phenoxy) is 1. The zero-order chi connectivity index (χ0) is 22.4. The third-order valence-electron chi connectivity index (χ3n) is 5.47. The molecule has 0 aliphatic carbocycles. The van der Waals surface area contributed by atoms with Crippen LogP contribution < -0.4 is 21.1 Å². The summed E-state index contributed by atoms with van der Waals surface area (Å²) in [7, 11) is 0. The number of aldehydes is 1. The van der Waals surface area contributed by atoms with Gasteiger partial charge in [0.05, 0.1) is 17.8 Å². The Morgan fingerprint density at radius 2 is 1.97 bits per heavy atom. The van der Waals surface area contributed by atoms with Gasteiger partial charge >= 0.3 is 0 Å². The zero-order valence-corrected chi connectivity index (χ0v) is 18.4. The molecule has 3 aromatic heterocycles. The van der Waals surface area contributed by atoms with E-state index in [4.69, 9.17) is 16.2 Å². The summed E-state index contributed by atoms with van der Waals surface area (Å²) in [5.74, 6) is 1.50. The van der Waals surface area contributed by atoms with Crippen molar-refractivity contribution in [2.24, 2.45) is 0 Å². The van der Waals surface area contributed by atoms with Gasteiger partial charge in [0.25, 0.3) is 0 Å². The van der Waals surface area contributed by atoms with E-state index in [-0.39, 0.29) is 5.95 Å². The van der Waals surface area contributed by atoms with Crippen LogP contribution in [0.15, 0.2) is 24.4 Å². The first-order chi connectivity index (χ1) is 15.4. The lowest BCUT2D eigenvalue weighted by molar-refractivity contribution is 0.112. The molecule has 5 rings (SSSR count). The number of rotatable bonds is 3. The fourth-order valence-electron chi connectivity index (χ4n) is 4.03. The Morgan fingerprint density at radius 3 is 2.78 bits per heavy atom. The molecule has 4 aromatic rings. The minimum Gasteiger partial charge on any atom is -0.491 e. The molecule has 162 valence electrons. The number of aromatic nitrogens is 4. The second kappa shape index (κ2) is 7.72. The molecule has 0 saturated carbocycles. The Bertz CT molecular complexity index is 1370. The summed E-state index contributed by atoms with van der Waals surface area (Å²) in [6.07, 6.45) is 2.61. The molecule has 0 amide bonds. The largest absolute Gasteiger partial charge is 0.491 e. The lowest BCUT2D eigenvalue weighted by atomic mass is 9.99. The van der Waals surface area contributed by atoms with Crippen molar-refractivity contribution >= 4 is 44.9 Å². The number of carbonyl (C=O) groups excluding carboxylic acids is 1. The molecule has 32 heavy (non-hydrogen) atoms. The van der Waals surface area contributed by atoms with Crippen molar-refractivity contribution in [2.45, 2.75) is 20.4 Å².